The van der Waals surface area contributed by atoms with Gasteiger partial charge in [-0.2, -0.15) is 0 Å². The number of benzene rings is 2. The number of nitrogens with one attached hydrogen (secondary N) is 1. The van der Waals surface area contributed by atoms with E-state index in [-0.39, 0.29) is 23.8 Å². The lowest BCUT2D eigenvalue weighted by atomic mass is 10.2. The number of aryl methyl sites for hydroxylation is 1. The molecule has 0 saturated heterocycles. The lowest BCUT2D eigenvalue weighted by Crippen LogP contribution is -2.30. The van der Waals surface area contributed by atoms with Crippen molar-refractivity contribution in [1.29, 1.82) is 0 Å². The number of hydrogen-bond donors (Lipinski definition) is 1. The summed E-state index contributed by atoms with van der Waals surface area (Å²) in [6.07, 6.45) is 0. The van der Waals surface area contributed by atoms with E-state index in [0.29, 0.717) is 0 Å². The Balaban J connectivity index is 2.08. The Morgan fingerprint density at radius 2 is 1.91 bits per heavy atom. The molecule has 0 fully saturated rings. The van der Waals surface area contributed by atoms with Crippen LogP contribution in [0.25, 0.3) is 0 Å². The molecule has 0 radical (unpaired) electrons. The van der Waals surface area contributed by atoms with Gasteiger partial charge in [0.15, 0.2) is 0 Å². The predicted octanol–water partition coefficient (Wildman–Crippen LogP) is 2.98. The fourth-order valence-corrected chi connectivity index (χ4v) is 2.08. The van der Waals surface area contributed by atoms with E-state index in [1.54, 1.807) is 31.0 Å². The van der Waals surface area contributed by atoms with Crippen molar-refractivity contribution in [3.63, 3.8) is 0 Å². The molecule has 114 valence electrons. The van der Waals surface area contributed by atoms with Gasteiger partial charge in [0.2, 0.25) is 5.91 Å². The molecule has 22 heavy (non-hydrogen) atoms. The number of carbonyl (C=O) groups excluding carboxylic acids is 1. The summed E-state index contributed by atoms with van der Waals surface area (Å²) in [6.45, 7) is 1.87. The van der Waals surface area contributed by atoms with Gasteiger partial charge >= 0.3 is 0 Å². The summed E-state index contributed by atoms with van der Waals surface area (Å²) in [5.74, 6) is -0.307. The number of amides is 1. The number of nitro groups is 1. The van der Waals surface area contributed by atoms with Crippen molar-refractivity contribution in [3.8, 4) is 0 Å². The van der Waals surface area contributed by atoms with Crippen molar-refractivity contribution in [2.45, 2.75) is 6.92 Å². The highest BCUT2D eigenvalue weighted by molar-refractivity contribution is 5.96. The quantitative estimate of drug-likeness (QED) is 0.680. The number of para-hydroxylation sites is 1. The molecule has 0 aliphatic heterocycles. The Labute approximate surface area is 128 Å². The third-order valence-corrected chi connectivity index (χ3v) is 3.20. The van der Waals surface area contributed by atoms with Gasteiger partial charge in [0.25, 0.3) is 5.69 Å². The SMILES string of the molecule is Cc1ccc(NC(=O)CN(C)c2ccccc2)c([N+](=O)[O-])c1. The summed E-state index contributed by atoms with van der Waals surface area (Å²) in [6, 6.07) is 14.2. The van der Waals surface area contributed by atoms with Gasteiger partial charge in [-0.05, 0) is 30.7 Å². The Bertz CT molecular complexity index is 686. The van der Waals surface area contributed by atoms with Crippen LogP contribution in [0.1, 0.15) is 5.56 Å². The largest absolute Gasteiger partial charge is 0.365 e. The fraction of sp³-hybridized carbons (Fsp3) is 0.188. The average Bonchev–Trinajstić information content (AvgIpc) is 2.49. The fourth-order valence-electron chi connectivity index (χ4n) is 2.08. The van der Waals surface area contributed by atoms with Crippen molar-refractivity contribution in [1.82, 2.24) is 0 Å². The van der Waals surface area contributed by atoms with Crippen molar-refractivity contribution < 1.29 is 9.72 Å². The zero-order chi connectivity index (χ0) is 16.1. The molecule has 0 aliphatic rings. The maximum atomic E-state index is 12.1. The maximum Gasteiger partial charge on any atom is 0.293 e. The number of rotatable bonds is 5. The molecule has 6 nitrogen and oxygen atoms in total. The number of likely N-dealkylation sites (N-methyl/N-ethyl adjacent to an activating group) is 1. The van der Waals surface area contributed by atoms with E-state index in [0.717, 1.165) is 11.3 Å². The summed E-state index contributed by atoms with van der Waals surface area (Å²) >= 11 is 0. The van der Waals surface area contributed by atoms with Crippen molar-refractivity contribution in [3.05, 3.63) is 64.2 Å². The highest BCUT2D eigenvalue weighted by atomic mass is 16.6. The first-order chi connectivity index (χ1) is 10.5. The van der Waals surface area contributed by atoms with Gasteiger partial charge in [-0.15, -0.1) is 0 Å². The molecule has 2 rings (SSSR count). The predicted molar refractivity (Wildman–Crippen MR) is 86.2 cm³/mol. The van der Waals surface area contributed by atoms with E-state index >= 15 is 0 Å². The van der Waals surface area contributed by atoms with E-state index in [4.69, 9.17) is 0 Å². The van der Waals surface area contributed by atoms with Crippen LogP contribution in [0.2, 0.25) is 0 Å². The highest BCUT2D eigenvalue weighted by Crippen LogP contribution is 2.25. The van der Waals surface area contributed by atoms with Gasteiger partial charge in [0, 0.05) is 18.8 Å². The van der Waals surface area contributed by atoms with Crippen LogP contribution < -0.4 is 10.2 Å². The number of carbonyl (C=O) groups is 1. The molecule has 6 heteroatoms. The summed E-state index contributed by atoms with van der Waals surface area (Å²) in [5.41, 5.74) is 1.78. The van der Waals surface area contributed by atoms with Crippen LogP contribution in [0.5, 0.6) is 0 Å². The van der Waals surface area contributed by atoms with Crippen LogP contribution in [-0.4, -0.2) is 24.4 Å². The van der Waals surface area contributed by atoms with Gasteiger partial charge < -0.3 is 10.2 Å². The van der Waals surface area contributed by atoms with Crippen molar-refractivity contribution in [2.75, 3.05) is 23.8 Å². The van der Waals surface area contributed by atoms with Crippen LogP contribution in [0.4, 0.5) is 17.1 Å². The van der Waals surface area contributed by atoms with E-state index in [1.165, 1.54) is 6.07 Å². The number of nitro benzene ring substituents is 1. The summed E-state index contributed by atoms with van der Waals surface area (Å²) in [5, 5.41) is 13.6. The van der Waals surface area contributed by atoms with Crippen LogP contribution in [0.15, 0.2) is 48.5 Å². The van der Waals surface area contributed by atoms with Crippen molar-refractivity contribution in [2.24, 2.45) is 0 Å². The van der Waals surface area contributed by atoms with Gasteiger partial charge in [-0.25, -0.2) is 0 Å². The number of nitrogens with zero attached hydrogens (tertiary/aromatic N) is 2. The molecule has 0 spiro atoms. The Hall–Kier alpha value is -2.89. The summed E-state index contributed by atoms with van der Waals surface area (Å²) < 4.78 is 0. The minimum Gasteiger partial charge on any atom is -0.365 e. The van der Waals surface area contributed by atoms with Gasteiger partial charge in [-0.1, -0.05) is 24.3 Å². The monoisotopic (exact) mass is 299 g/mol. The molecule has 0 heterocycles. The molecule has 0 bridgehead atoms. The standard InChI is InChI=1S/C16H17N3O3/c1-12-8-9-14(15(10-12)19(21)22)17-16(20)11-18(2)13-6-4-3-5-7-13/h3-10H,11H2,1-2H3,(H,17,20). The van der Waals surface area contributed by atoms with Crippen LogP contribution in [-0.2, 0) is 4.79 Å². The van der Waals surface area contributed by atoms with Crippen LogP contribution >= 0.6 is 0 Å². The zero-order valence-corrected chi connectivity index (χ0v) is 12.4. The third kappa shape index (κ3) is 3.82. The molecule has 2 aromatic carbocycles. The highest BCUT2D eigenvalue weighted by Gasteiger charge is 2.16. The Morgan fingerprint density at radius 1 is 1.23 bits per heavy atom. The summed E-state index contributed by atoms with van der Waals surface area (Å²) in [4.78, 5) is 24.4. The molecule has 0 unspecified atom stereocenters. The van der Waals surface area contributed by atoms with E-state index in [9.17, 15) is 14.9 Å². The zero-order valence-electron chi connectivity index (χ0n) is 12.4. The molecule has 0 aliphatic carbocycles. The molecule has 1 amide bonds. The Morgan fingerprint density at radius 3 is 2.55 bits per heavy atom. The molecule has 2 aromatic rings. The van der Waals surface area contributed by atoms with Crippen molar-refractivity contribution >= 4 is 23.0 Å². The second kappa shape index (κ2) is 6.71. The number of hydrogen-bond acceptors (Lipinski definition) is 4. The van der Waals surface area contributed by atoms with E-state index < -0.39 is 4.92 Å². The topological polar surface area (TPSA) is 75.5 Å². The first-order valence-electron chi connectivity index (χ1n) is 6.78. The second-order valence-corrected chi connectivity index (χ2v) is 5.02. The number of anilines is 2. The first-order valence-corrected chi connectivity index (χ1v) is 6.78. The summed E-state index contributed by atoms with van der Waals surface area (Å²) in [7, 11) is 1.79. The lowest BCUT2D eigenvalue weighted by Gasteiger charge is -2.18. The van der Waals surface area contributed by atoms with Crippen LogP contribution in [0, 0.1) is 17.0 Å². The molecule has 1 N–H and O–H groups in total. The minimum atomic E-state index is -0.497. The van der Waals surface area contributed by atoms with E-state index in [1.807, 2.05) is 30.3 Å². The normalized spacial score (nSPS) is 10.1. The third-order valence-electron chi connectivity index (χ3n) is 3.20. The maximum absolute atomic E-state index is 12.1. The smallest absolute Gasteiger partial charge is 0.293 e. The van der Waals surface area contributed by atoms with Gasteiger partial charge in [0.05, 0.1) is 11.5 Å². The molecular formula is C16H17N3O3. The Kier molecular flexibility index (Phi) is 4.73. The molecular weight excluding hydrogens is 282 g/mol. The lowest BCUT2D eigenvalue weighted by molar-refractivity contribution is -0.384. The van der Waals surface area contributed by atoms with E-state index in [2.05, 4.69) is 5.32 Å². The van der Waals surface area contributed by atoms with Gasteiger partial charge in [0.1, 0.15) is 5.69 Å². The van der Waals surface area contributed by atoms with Gasteiger partial charge in [-0.3, -0.25) is 14.9 Å². The average molecular weight is 299 g/mol. The minimum absolute atomic E-state index is 0.101. The molecule has 0 aromatic heterocycles. The van der Waals surface area contributed by atoms with Crippen LogP contribution in [0.3, 0.4) is 0 Å². The molecule has 0 atom stereocenters. The molecule has 0 saturated carbocycles. The first kappa shape index (κ1) is 15.5. The second-order valence-electron chi connectivity index (χ2n) is 5.02.